The van der Waals surface area contributed by atoms with Crippen molar-refractivity contribution in [2.24, 2.45) is 11.3 Å². The van der Waals surface area contributed by atoms with Gasteiger partial charge in [0.1, 0.15) is 40.2 Å². The van der Waals surface area contributed by atoms with E-state index in [0.29, 0.717) is 51.8 Å². The number of ether oxygens (including phenoxy) is 1. The van der Waals surface area contributed by atoms with Gasteiger partial charge in [-0.05, 0) is 118 Å². The van der Waals surface area contributed by atoms with Gasteiger partial charge in [-0.2, -0.15) is 5.26 Å². The molecule has 2 saturated carbocycles. The number of nitriles is 1. The van der Waals surface area contributed by atoms with E-state index in [1.54, 1.807) is 51.1 Å². The van der Waals surface area contributed by atoms with E-state index in [-0.39, 0.29) is 35.3 Å². The summed E-state index contributed by atoms with van der Waals surface area (Å²) in [6.45, 7) is 9.97. The molecule has 0 unspecified atom stereocenters. The second-order valence-electron chi connectivity index (χ2n) is 14.0. The van der Waals surface area contributed by atoms with Gasteiger partial charge in [0.05, 0.1) is 11.6 Å². The van der Waals surface area contributed by atoms with Gasteiger partial charge in [0.2, 0.25) is 0 Å². The Morgan fingerprint density at radius 1 is 1.08 bits per heavy atom. The van der Waals surface area contributed by atoms with Gasteiger partial charge in [-0.25, -0.2) is 22.5 Å². The molecule has 1 aromatic heterocycles. The third-order valence-electron chi connectivity index (χ3n) is 9.54. The van der Waals surface area contributed by atoms with Crippen molar-refractivity contribution in [3.63, 3.8) is 0 Å². The van der Waals surface area contributed by atoms with Gasteiger partial charge >= 0.3 is 0 Å². The smallest absolute Gasteiger partial charge is 0.151 e. The summed E-state index contributed by atoms with van der Waals surface area (Å²) in [4.78, 5) is 4.50. The molecule has 6 rings (SSSR count). The van der Waals surface area contributed by atoms with E-state index >= 15 is 8.78 Å². The molecule has 2 aliphatic carbocycles. The molecule has 2 aliphatic rings. The minimum atomic E-state index is -1.02. The molecule has 4 aromatic rings. The first-order valence-corrected chi connectivity index (χ1v) is 16.9. The monoisotopic (exact) mass is 687 g/mol. The van der Waals surface area contributed by atoms with Crippen molar-refractivity contribution >= 4 is 22.6 Å². The number of rotatable bonds is 13. The first kappa shape index (κ1) is 34.5. The van der Waals surface area contributed by atoms with E-state index in [1.165, 1.54) is 24.3 Å². The lowest BCUT2D eigenvalue weighted by Gasteiger charge is -2.29. The second kappa shape index (κ2) is 13.5. The Hall–Kier alpha value is -4.35. The van der Waals surface area contributed by atoms with Crippen molar-refractivity contribution < 1.29 is 22.3 Å². The number of fused-ring (bicyclic) bond motifs is 1. The fourth-order valence-electron chi connectivity index (χ4n) is 6.35. The molecule has 0 radical (unpaired) electrons. The van der Waals surface area contributed by atoms with Crippen molar-refractivity contribution in [3.05, 3.63) is 135 Å². The molecule has 0 atom stereocenters. The van der Waals surface area contributed by atoms with E-state index in [9.17, 15) is 14.0 Å². The van der Waals surface area contributed by atoms with Crippen molar-refractivity contribution in [3.8, 4) is 6.07 Å². The topological polar surface area (TPSA) is 50.8 Å². The minimum absolute atomic E-state index is 0.151. The Kier molecular flexibility index (Phi) is 9.52. The van der Waals surface area contributed by atoms with Crippen molar-refractivity contribution in [2.45, 2.75) is 77.9 Å². The predicted octanol–water partition coefficient (Wildman–Crippen LogP) is 10.7. The summed E-state index contributed by atoms with van der Waals surface area (Å²) in [6.07, 6.45) is 9.39. The highest BCUT2D eigenvalue weighted by molar-refractivity contribution is 6.30. The number of aromatic nitrogens is 2. The van der Waals surface area contributed by atoms with E-state index in [4.69, 9.17) is 16.3 Å². The lowest BCUT2D eigenvalue weighted by atomic mass is 9.96. The molecular formula is C40H38ClF4N3O. The third-order valence-corrected chi connectivity index (χ3v) is 9.78. The zero-order chi connectivity index (χ0) is 35.1. The van der Waals surface area contributed by atoms with Gasteiger partial charge in [-0.1, -0.05) is 36.4 Å². The Morgan fingerprint density at radius 3 is 2.43 bits per heavy atom. The highest BCUT2D eigenvalue weighted by Gasteiger charge is 2.43. The molecule has 0 saturated heterocycles. The average Bonchev–Trinajstić information content (AvgIpc) is 3.96. The van der Waals surface area contributed by atoms with Crippen LogP contribution >= 0.6 is 11.6 Å². The summed E-state index contributed by atoms with van der Waals surface area (Å²) < 4.78 is 68.9. The van der Waals surface area contributed by atoms with Crippen LogP contribution in [0.5, 0.6) is 0 Å². The standard InChI is InChI=1S/C40H38ClF4N3O/c1-24-17-34(45)38-35(18-24)48(23-40(13-14-40)15-16-46)37(47-38)22-29-31(42)19-26(20-32(29)43)7-5-6-8-36(25(2)27-9-10-27)49-39(3,4)30-12-11-28(41)21-33(30)44/h5-6,8,11-12,17-21,27H,2,7,9-10,13-15,22-23H2,1,3-4H3/b6-5-,36-8+. The van der Waals surface area contributed by atoms with Gasteiger partial charge < -0.3 is 9.30 Å². The molecule has 4 nitrogen and oxygen atoms in total. The minimum Gasteiger partial charge on any atom is -0.483 e. The highest BCUT2D eigenvalue weighted by atomic mass is 35.5. The van der Waals surface area contributed by atoms with Gasteiger partial charge in [0.25, 0.3) is 0 Å². The Balaban J connectivity index is 1.22. The molecule has 254 valence electrons. The molecular weight excluding hydrogens is 650 g/mol. The fourth-order valence-corrected chi connectivity index (χ4v) is 6.51. The van der Waals surface area contributed by atoms with Crippen LogP contribution in [0.2, 0.25) is 5.02 Å². The first-order valence-electron chi connectivity index (χ1n) is 16.5. The number of aryl methyl sites for hydroxylation is 1. The second-order valence-corrected chi connectivity index (χ2v) is 14.4. The molecule has 0 amide bonds. The number of hydrogen-bond donors (Lipinski definition) is 0. The van der Waals surface area contributed by atoms with Crippen LogP contribution in [0.1, 0.15) is 74.0 Å². The van der Waals surface area contributed by atoms with Crippen molar-refractivity contribution in [2.75, 3.05) is 0 Å². The van der Waals surface area contributed by atoms with Crippen molar-refractivity contribution in [1.29, 1.82) is 5.26 Å². The predicted molar refractivity (Wildman–Crippen MR) is 184 cm³/mol. The number of allylic oxidation sites excluding steroid dienone is 4. The van der Waals surface area contributed by atoms with Crippen LogP contribution in [0.25, 0.3) is 11.0 Å². The molecule has 3 aromatic carbocycles. The Morgan fingerprint density at radius 2 is 1.80 bits per heavy atom. The molecule has 0 bridgehead atoms. The normalized spacial score (nSPS) is 15.9. The van der Waals surface area contributed by atoms with Crippen LogP contribution in [0, 0.1) is 52.9 Å². The van der Waals surface area contributed by atoms with E-state index in [0.717, 1.165) is 31.3 Å². The molecule has 9 heteroatoms. The zero-order valence-corrected chi connectivity index (χ0v) is 28.6. The molecule has 1 heterocycles. The molecule has 0 N–H and O–H groups in total. The molecule has 0 aliphatic heterocycles. The summed E-state index contributed by atoms with van der Waals surface area (Å²) >= 11 is 5.95. The maximum atomic E-state index is 15.5. The SMILES string of the molecule is C=C(/C(=C\C=C/Cc1cc(F)c(Cc2nc3c(F)cc(C)cc3n2CC2(CC#N)CC2)c(F)c1)OC(C)(C)c1ccc(Cl)cc1F)C1CC1. The fraction of sp³-hybridized carbons (Fsp3) is 0.350. The highest BCUT2D eigenvalue weighted by Crippen LogP contribution is 2.50. The van der Waals surface area contributed by atoms with Gasteiger partial charge in [0, 0.05) is 41.0 Å². The number of hydrogen-bond acceptors (Lipinski definition) is 3. The number of halogens is 5. The van der Waals surface area contributed by atoms with Crippen molar-refractivity contribution in [1.82, 2.24) is 9.55 Å². The quantitative estimate of drug-likeness (QED) is 0.0798. The van der Waals surface area contributed by atoms with E-state index < -0.39 is 28.9 Å². The van der Waals surface area contributed by atoms with Gasteiger partial charge in [-0.3, -0.25) is 0 Å². The molecule has 49 heavy (non-hydrogen) atoms. The van der Waals surface area contributed by atoms with Crippen LogP contribution in [0.3, 0.4) is 0 Å². The zero-order valence-electron chi connectivity index (χ0n) is 27.9. The van der Waals surface area contributed by atoms with Crippen LogP contribution in [0.4, 0.5) is 17.6 Å². The maximum Gasteiger partial charge on any atom is 0.151 e. The summed E-state index contributed by atoms with van der Waals surface area (Å²) in [7, 11) is 0. The summed E-state index contributed by atoms with van der Waals surface area (Å²) in [5.41, 5.74) is 1.60. The lowest BCUT2D eigenvalue weighted by Crippen LogP contribution is -2.23. The summed E-state index contributed by atoms with van der Waals surface area (Å²) in [5.74, 6) is -1.24. The van der Waals surface area contributed by atoms with Gasteiger partial charge in [-0.15, -0.1) is 0 Å². The van der Waals surface area contributed by atoms with E-state index in [2.05, 4.69) is 17.6 Å². The molecule has 0 spiro atoms. The number of benzene rings is 3. The van der Waals surface area contributed by atoms with E-state index in [1.807, 2.05) is 10.6 Å². The van der Waals surface area contributed by atoms with Crippen LogP contribution in [0.15, 0.2) is 78.6 Å². The summed E-state index contributed by atoms with van der Waals surface area (Å²) in [5, 5.41) is 9.66. The number of imidazole rings is 1. The number of nitrogens with zero attached hydrogens (tertiary/aromatic N) is 3. The Bertz CT molecular complexity index is 2020. The Labute approximate surface area is 289 Å². The van der Waals surface area contributed by atoms with Crippen LogP contribution in [-0.2, 0) is 29.7 Å². The van der Waals surface area contributed by atoms with Gasteiger partial charge in [0.15, 0.2) is 5.82 Å². The average molecular weight is 688 g/mol. The van der Waals surface area contributed by atoms with Crippen LogP contribution < -0.4 is 0 Å². The van der Waals surface area contributed by atoms with Crippen LogP contribution in [-0.4, -0.2) is 9.55 Å². The maximum absolute atomic E-state index is 15.5. The largest absolute Gasteiger partial charge is 0.483 e. The summed E-state index contributed by atoms with van der Waals surface area (Å²) in [6, 6.07) is 12.5. The molecule has 2 fully saturated rings. The third kappa shape index (κ3) is 7.63. The lowest BCUT2D eigenvalue weighted by molar-refractivity contribution is 0.0325. The first-order chi connectivity index (χ1) is 23.3.